The molecule has 132 valence electrons. The molecule has 1 atom stereocenters. The van der Waals surface area contributed by atoms with Gasteiger partial charge in [0.15, 0.2) is 6.35 Å². The standard InChI is InChI=1S/C12H18ClO8PS/c1-4-17-20-22(14,21-19-10(2)3)9-18-23(15,16)12-8-6-5-7-11(12)13/h5-8,10H,4,9H2,1-3H3. The van der Waals surface area contributed by atoms with Crippen molar-refractivity contribution in [2.24, 2.45) is 0 Å². The van der Waals surface area contributed by atoms with Crippen molar-refractivity contribution in [3.05, 3.63) is 29.3 Å². The lowest BCUT2D eigenvalue weighted by Gasteiger charge is -2.17. The summed E-state index contributed by atoms with van der Waals surface area (Å²) in [5, 5.41) is -0.0348. The van der Waals surface area contributed by atoms with E-state index in [1.54, 1.807) is 26.8 Å². The predicted octanol–water partition coefficient (Wildman–Crippen LogP) is 3.52. The molecule has 11 heteroatoms. The van der Waals surface area contributed by atoms with Crippen LogP contribution in [0.3, 0.4) is 0 Å². The summed E-state index contributed by atoms with van der Waals surface area (Å²) in [6.45, 7) is 4.87. The van der Waals surface area contributed by atoms with Gasteiger partial charge in [-0.1, -0.05) is 23.7 Å². The van der Waals surface area contributed by atoms with E-state index in [1.807, 2.05) is 0 Å². The fourth-order valence-corrected chi connectivity index (χ4v) is 4.03. The van der Waals surface area contributed by atoms with E-state index in [9.17, 15) is 13.0 Å². The highest BCUT2D eigenvalue weighted by Gasteiger charge is 2.33. The van der Waals surface area contributed by atoms with Crippen LogP contribution in [0.5, 0.6) is 0 Å². The first kappa shape index (κ1) is 20.5. The lowest BCUT2D eigenvalue weighted by Crippen LogP contribution is -2.13. The number of rotatable bonds is 10. The summed E-state index contributed by atoms with van der Waals surface area (Å²) >= 11 is 5.80. The fourth-order valence-electron chi connectivity index (χ4n) is 1.18. The van der Waals surface area contributed by atoms with Gasteiger partial charge in [-0.05, 0) is 32.9 Å². The van der Waals surface area contributed by atoms with Crippen LogP contribution in [0, 0.1) is 0 Å². The molecule has 0 saturated heterocycles. The molecule has 0 fully saturated rings. The minimum Gasteiger partial charge on any atom is -0.253 e. The van der Waals surface area contributed by atoms with Crippen molar-refractivity contribution >= 4 is 29.3 Å². The highest BCUT2D eigenvalue weighted by Crippen LogP contribution is 2.49. The Hall–Kier alpha value is -0.510. The van der Waals surface area contributed by atoms with Gasteiger partial charge < -0.3 is 0 Å². The Morgan fingerprint density at radius 2 is 1.87 bits per heavy atom. The Bertz CT molecular complexity index is 648. The van der Waals surface area contributed by atoms with Crippen LogP contribution in [0.2, 0.25) is 5.02 Å². The van der Waals surface area contributed by atoms with Crippen LogP contribution < -0.4 is 0 Å². The van der Waals surface area contributed by atoms with Crippen molar-refractivity contribution in [1.29, 1.82) is 0 Å². The summed E-state index contributed by atoms with van der Waals surface area (Å²) in [7, 11) is -8.37. The van der Waals surface area contributed by atoms with Gasteiger partial charge in [0.2, 0.25) is 0 Å². The quantitative estimate of drug-likeness (QED) is 0.260. The van der Waals surface area contributed by atoms with Crippen molar-refractivity contribution in [1.82, 2.24) is 0 Å². The molecule has 23 heavy (non-hydrogen) atoms. The monoisotopic (exact) mass is 388 g/mol. The normalized spacial score (nSPS) is 14.8. The smallest absolute Gasteiger partial charge is 0.253 e. The number of benzene rings is 1. The zero-order chi connectivity index (χ0) is 17.5. The van der Waals surface area contributed by atoms with Gasteiger partial charge in [-0.25, -0.2) is 9.78 Å². The molecule has 0 saturated carbocycles. The molecular weight excluding hydrogens is 371 g/mol. The van der Waals surface area contributed by atoms with E-state index < -0.39 is 30.2 Å². The molecule has 0 spiro atoms. The summed E-state index contributed by atoms with van der Waals surface area (Å²) < 4.78 is 50.4. The molecular formula is C12H18ClO8PS. The average molecular weight is 389 g/mol. The SMILES string of the molecule is CCOOP(=O)(COS(=O)(=O)c1ccccc1Cl)OOC(C)C. The largest absolute Gasteiger partial charge is 0.411 e. The second-order valence-corrected chi connectivity index (χ2v) is 8.21. The Morgan fingerprint density at radius 1 is 1.22 bits per heavy atom. The minimum absolute atomic E-state index is 0.0348. The predicted molar refractivity (Wildman–Crippen MR) is 82.2 cm³/mol. The Kier molecular flexibility index (Phi) is 8.12. The number of hydrogen-bond acceptors (Lipinski definition) is 8. The molecule has 0 heterocycles. The molecule has 0 aliphatic carbocycles. The van der Waals surface area contributed by atoms with Gasteiger partial charge >= 0.3 is 7.60 Å². The summed E-state index contributed by atoms with van der Waals surface area (Å²) in [6, 6.07) is 5.66. The zero-order valence-corrected chi connectivity index (χ0v) is 15.3. The molecule has 1 unspecified atom stereocenters. The molecule has 0 amide bonds. The van der Waals surface area contributed by atoms with E-state index in [-0.39, 0.29) is 16.5 Å². The van der Waals surface area contributed by atoms with Crippen LogP contribution in [0.15, 0.2) is 29.2 Å². The van der Waals surface area contributed by atoms with Crippen molar-refractivity contribution in [3.8, 4) is 0 Å². The molecule has 1 rings (SSSR count). The van der Waals surface area contributed by atoms with Crippen molar-refractivity contribution in [2.45, 2.75) is 31.8 Å². The van der Waals surface area contributed by atoms with Gasteiger partial charge in [-0.2, -0.15) is 8.42 Å². The van der Waals surface area contributed by atoms with Gasteiger partial charge in [0, 0.05) is 0 Å². The van der Waals surface area contributed by atoms with Gasteiger partial charge in [0.1, 0.15) is 4.90 Å². The summed E-state index contributed by atoms with van der Waals surface area (Å²) in [4.78, 5) is 9.02. The first-order valence-electron chi connectivity index (χ1n) is 6.59. The summed E-state index contributed by atoms with van der Waals surface area (Å²) in [5.41, 5.74) is 0. The van der Waals surface area contributed by atoms with Gasteiger partial charge in [0.05, 0.1) is 17.7 Å². The third-order valence-electron chi connectivity index (χ3n) is 2.11. The number of hydrogen-bond donors (Lipinski definition) is 0. The van der Waals surface area contributed by atoms with Crippen LogP contribution in [0.25, 0.3) is 0 Å². The zero-order valence-electron chi connectivity index (χ0n) is 12.8. The van der Waals surface area contributed by atoms with Crippen molar-refractivity contribution in [3.63, 3.8) is 0 Å². The maximum Gasteiger partial charge on any atom is 0.411 e. The summed E-state index contributed by atoms with van der Waals surface area (Å²) in [6.07, 6.45) is -1.37. The average Bonchev–Trinajstić information content (AvgIpc) is 2.50. The minimum atomic E-state index is -4.26. The van der Waals surface area contributed by atoms with Crippen LogP contribution in [0.1, 0.15) is 20.8 Å². The molecule has 0 bridgehead atoms. The van der Waals surface area contributed by atoms with E-state index in [0.29, 0.717) is 0 Å². The van der Waals surface area contributed by atoms with E-state index in [1.165, 1.54) is 18.2 Å². The maximum absolute atomic E-state index is 12.3. The van der Waals surface area contributed by atoms with E-state index in [2.05, 4.69) is 14.2 Å². The second kappa shape index (κ2) is 9.10. The molecule has 1 aromatic rings. The number of halogens is 1. The Balaban J connectivity index is 2.84. The molecule has 8 nitrogen and oxygen atoms in total. The first-order chi connectivity index (χ1) is 10.7. The lowest BCUT2D eigenvalue weighted by atomic mass is 10.4. The summed E-state index contributed by atoms with van der Waals surface area (Å²) in [5.74, 6) is 0. The van der Waals surface area contributed by atoms with Crippen LogP contribution in [0.4, 0.5) is 0 Å². The van der Waals surface area contributed by atoms with Gasteiger partial charge in [0.25, 0.3) is 10.1 Å². The van der Waals surface area contributed by atoms with Crippen molar-refractivity contribution < 1.29 is 36.3 Å². The van der Waals surface area contributed by atoms with Crippen LogP contribution in [-0.4, -0.2) is 27.5 Å². The molecule has 0 aliphatic heterocycles. The lowest BCUT2D eigenvalue weighted by molar-refractivity contribution is -0.280. The third kappa shape index (κ3) is 6.86. The van der Waals surface area contributed by atoms with Crippen LogP contribution in [-0.2, 0) is 38.0 Å². The fraction of sp³-hybridized carbons (Fsp3) is 0.500. The van der Waals surface area contributed by atoms with E-state index in [4.69, 9.17) is 20.7 Å². The highest BCUT2D eigenvalue weighted by molar-refractivity contribution is 7.87. The highest BCUT2D eigenvalue weighted by atomic mass is 35.5. The second-order valence-electron chi connectivity index (χ2n) is 4.44. The molecule has 1 aromatic carbocycles. The van der Waals surface area contributed by atoms with Crippen LogP contribution >= 0.6 is 19.2 Å². The molecule has 0 aromatic heterocycles. The maximum atomic E-state index is 12.3. The van der Waals surface area contributed by atoms with E-state index in [0.717, 1.165) is 0 Å². The molecule has 0 radical (unpaired) electrons. The van der Waals surface area contributed by atoms with E-state index >= 15 is 0 Å². The topological polar surface area (TPSA) is 97.4 Å². The van der Waals surface area contributed by atoms with Gasteiger partial charge in [-0.15, -0.1) is 9.35 Å². The molecule has 0 N–H and O–H groups in total. The Labute approximate surface area is 140 Å². The molecule has 0 aliphatic rings. The third-order valence-corrected chi connectivity index (χ3v) is 5.14. The first-order valence-corrected chi connectivity index (χ1v) is 10.1. The Morgan fingerprint density at radius 3 is 2.43 bits per heavy atom. The van der Waals surface area contributed by atoms with Gasteiger partial charge in [-0.3, -0.25) is 8.75 Å². The van der Waals surface area contributed by atoms with Crippen molar-refractivity contribution in [2.75, 3.05) is 13.0 Å².